The Balaban J connectivity index is 2.06. The monoisotopic (exact) mass is 276 g/mol. The van der Waals surface area contributed by atoms with Gasteiger partial charge in [-0.05, 0) is 36.1 Å². The molecule has 0 saturated heterocycles. The average Bonchev–Trinajstić information content (AvgIpc) is 2.81. The van der Waals surface area contributed by atoms with Crippen LogP contribution in [-0.4, -0.2) is 22.0 Å². The highest BCUT2D eigenvalue weighted by atomic mass is 32.1. The van der Waals surface area contributed by atoms with Gasteiger partial charge in [0.2, 0.25) is 0 Å². The van der Waals surface area contributed by atoms with Crippen LogP contribution in [0.4, 0.5) is 0 Å². The number of nitrogens with zero attached hydrogens (tertiary/aromatic N) is 1. The van der Waals surface area contributed by atoms with Gasteiger partial charge in [0.05, 0.1) is 6.54 Å². The molecule has 98 valence electrons. The average molecular weight is 276 g/mol. The summed E-state index contributed by atoms with van der Waals surface area (Å²) < 4.78 is 0. The lowest BCUT2D eigenvalue weighted by atomic mass is 10.2. The van der Waals surface area contributed by atoms with Crippen molar-refractivity contribution in [3.05, 3.63) is 51.5 Å². The van der Waals surface area contributed by atoms with Gasteiger partial charge in [-0.2, -0.15) is 0 Å². The number of carbonyl (C=O) groups is 2. The van der Waals surface area contributed by atoms with E-state index in [1.807, 2.05) is 18.4 Å². The summed E-state index contributed by atoms with van der Waals surface area (Å²) in [6.07, 6.45) is 1.31. The van der Waals surface area contributed by atoms with Crippen LogP contribution < -0.4 is 5.32 Å². The second kappa shape index (κ2) is 5.62. The molecule has 0 aliphatic heterocycles. The van der Waals surface area contributed by atoms with E-state index in [-0.39, 0.29) is 11.6 Å². The van der Waals surface area contributed by atoms with Crippen LogP contribution in [0.25, 0.3) is 0 Å². The molecule has 0 atom stereocenters. The molecule has 0 bridgehead atoms. The van der Waals surface area contributed by atoms with E-state index in [0.29, 0.717) is 12.1 Å². The summed E-state index contributed by atoms with van der Waals surface area (Å²) >= 11 is 1.57. The Hall–Kier alpha value is -2.21. The fraction of sp³-hybridized carbons (Fsp3) is 0.154. The number of rotatable bonds is 4. The zero-order valence-corrected chi connectivity index (χ0v) is 11.0. The van der Waals surface area contributed by atoms with E-state index >= 15 is 0 Å². The van der Waals surface area contributed by atoms with Gasteiger partial charge < -0.3 is 10.4 Å². The van der Waals surface area contributed by atoms with Crippen LogP contribution in [0.5, 0.6) is 0 Å². The minimum absolute atomic E-state index is 0.139. The number of hydrogen-bond acceptors (Lipinski definition) is 4. The van der Waals surface area contributed by atoms with Crippen molar-refractivity contribution in [1.82, 2.24) is 10.3 Å². The first-order valence-corrected chi connectivity index (χ1v) is 6.46. The fourth-order valence-electron chi connectivity index (χ4n) is 1.54. The van der Waals surface area contributed by atoms with Crippen LogP contribution in [0.3, 0.4) is 0 Å². The summed E-state index contributed by atoms with van der Waals surface area (Å²) in [5.74, 6) is -1.46. The first kappa shape index (κ1) is 13.2. The second-order valence-electron chi connectivity index (χ2n) is 3.94. The molecule has 1 amide bonds. The third-order valence-electron chi connectivity index (χ3n) is 2.62. The number of hydrogen-bond donors (Lipinski definition) is 2. The van der Waals surface area contributed by atoms with Crippen molar-refractivity contribution in [3.8, 4) is 0 Å². The molecular weight excluding hydrogens is 264 g/mol. The molecule has 0 aromatic carbocycles. The summed E-state index contributed by atoms with van der Waals surface area (Å²) in [6, 6.07) is 4.74. The molecule has 6 heteroatoms. The largest absolute Gasteiger partial charge is 0.477 e. The maximum atomic E-state index is 11.9. The molecule has 19 heavy (non-hydrogen) atoms. The highest BCUT2D eigenvalue weighted by molar-refractivity contribution is 7.10. The molecule has 2 heterocycles. The van der Waals surface area contributed by atoms with Crippen molar-refractivity contribution >= 4 is 23.2 Å². The molecule has 2 aromatic heterocycles. The summed E-state index contributed by atoms with van der Waals surface area (Å²) in [4.78, 5) is 27.4. The number of aryl methyl sites for hydroxylation is 1. The number of thiophene rings is 1. The number of nitrogens with one attached hydrogen (secondary N) is 1. The van der Waals surface area contributed by atoms with Crippen LogP contribution in [0, 0.1) is 6.92 Å². The van der Waals surface area contributed by atoms with Crippen LogP contribution in [0.15, 0.2) is 29.8 Å². The predicted octanol–water partition coefficient (Wildman–Crippen LogP) is 2.08. The first-order valence-electron chi connectivity index (χ1n) is 5.58. The summed E-state index contributed by atoms with van der Waals surface area (Å²) in [7, 11) is 0. The zero-order valence-electron chi connectivity index (χ0n) is 10.2. The van der Waals surface area contributed by atoms with E-state index < -0.39 is 5.97 Å². The van der Waals surface area contributed by atoms with Crippen molar-refractivity contribution in [2.45, 2.75) is 13.5 Å². The van der Waals surface area contributed by atoms with Gasteiger partial charge in [0.15, 0.2) is 0 Å². The van der Waals surface area contributed by atoms with Crippen molar-refractivity contribution < 1.29 is 14.7 Å². The molecule has 0 aliphatic rings. The molecule has 0 spiro atoms. The van der Waals surface area contributed by atoms with Crippen molar-refractivity contribution in [3.63, 3.8) is 0 Å². The molecular formula is C13H12N2O3S. The maximum Gasteiger partial charge on any atom is 0.354 e. The highest BCUT2D eigenvalue weighted by Crippen LogP contribution is 2.15. The van der Waals surface area contributed by atoms with Gasteiger partial charge >= 0.3 is 5.97 Å². The summed E-state index contributed by atoms with van der Waals surface area (Å²) in [6.45, 7) is 2.42. The SMILES string of the molecule is Cc1ccsc1CNC(=O)c1ccnc(C(=O)O)c1. The van der Waals surface area contributed by atoms with Gasteiger partial charge in [0.1, 0.15) is 5.69 Å². The Morgan fingerprint density at radius 1 is 1.42 bits per heavy atom. The zero-order chi connectivity index (χ0) is 13.8. The molecule has 0 fully saturated rings. The third-order valence-corrected chi connectivity index (χ3v) is 3.64. The minimum Gasteiger partial charge on any atom is -0.477 e. The number of amides is 1. The maximum absolute atomic E-state index is 11.9. The van der Waals surface area contributed by atoms with Crippen molar-refractivity contribution in [2.75, 3.05) is 0 Å². The second-order valence-corrected chi connectivity index (χ2v) is 4.95. The topological polar surface area (TPSA) is 79.3 Å². The van der Waals surface area contributed by atoms with Crippen LogP contribution >= 0.6 is 11.3 Å². The van der Waals surface area contributed by atoms with Gasteiger partial charge in [-0.3, -0.25) is 4.79 Å². The number of aromatic carboxylic acids is 1. The number of aromatic nitrogens is 1. The normalized spacial score (nSPS) is 10.2. The van der Waals surface area contributed by atoms with E-state index in [1.165, 1.54) is 18.3 Å². The molecule has 5 nitrogen and oxygen atoms in total. The van der Waals surface area contributed by atoms with Crippen LogP contribution in [-0.2, 0) is 6.54 Å². The summed E-state index contributed by atoms with van der Waals surface area (Å²) in [5, 5.41) is 13.5. The van der Waals surface area contributed by atoms with E-state index in [4.69, 9.17) is 5.11 Å². The Morgan fingerprint density at radius 3 is 2.84 bits per heavy atom. The Bertz CT molecular complexity index is 622. The number of carboxylic acid groups (broad SMARTS) is 1. The van der Waals surface area contributed by atoms with E-state index in [9.17, 15) is 9.59 Å². The molecule has 0 aliphatic carbocycles. The van der Waals surface area contributed by atoms with Gasteiger partial charge in [-0.25, -0.2) is 9.78 Å². The number of carboxylic acids is 1. The standard InChI is InChI=1S/C13H12N2O3S/c1-8-3-5-19-11(8)7-15-12(16)9-2-4-14-10(6-9)13(17)18/h2-6H,7H2,1H3,(H,15,16)(H,17,18). The number of carbonyl (C=O) groups excluding carboxylic acids is 1. The molecule has 0 saturated carbocycles. The van der Waals surface area contributed by atoms with Gasteiger partial charge in [-0.1, -0.05) is 0 Å². The number of pyridine rings is 1. The van der Waals surface area contributed by atoms with Gasteiger partial charge in [0.25, 0.3) is 5.91 Å². The minimum atomic E-state index is -1.15. The quantitative estimate of drug-likeness (QED) is 0.896. The molecule has 2 N–H and O–H groups in total. The van der Waals surface area contributed by atoms with Crippen LogP contribution in [0.1, 0.15) is 31.3 Å². The molecule has 0 radical (unpaired) electrons. The lowest BCUT2D eigenvalue weighted by Crippen LogP contribution is -2.23. The van der Waals surface area contributed by atoms with Gasteiger partial charge in [-0.15, -0.1) is 11.3 Å². The highest BCUT2D eigenvalue weighted by Gasteiger charge is 2.11. The Labute approximate surface area is 113 Å². The van der Waals surface area contributed by atoms with E-state index in [1.54, 1.807) is 11.3 Å². The fourth-order valence-corrected chi connectivity index (χ4v) is 2.38. The van der Waals surface area contributed by atoms with Crippen LogP contribution in [0.2, 0.25) is 0 Å². The Kier molecular flexibility index (Phi) is 3.91. The van der Waals surface area contributed by atoms with Crippen molar-refractivity contribution in [1.29, 1.82) is 0 Å². The van der Waals surface area contributed by atoms with Crippen molar-refractivity contribution in [2.24, 2.45) is 0 Å². The first-order chi connectivity index (χ1) is 9.08. The molecule has 0 unspecified atom stereocenters. The smallest absolute Gasteiger partial charge is 0.354 e. The Morgan fingerprint density at radius 2 is 2.21 bits per heavy atom. The lowest BCUT2D eigenvalue weighted by Gasteiger charge is -2.05. The summed E-state index contributed by atoms with van der Waals surface area (Å²) in [5.41, 5.74) is 1.29. The third kappa shape index (κ3) is 3.17. The molecule has 2 aromatic rings. The van der Waals surface area contributed by atoms with Gasteiger partial charge in [0, 0.05) is 16.6 Å². The lowest BCUT2D eigenvalue weighted by molar-refractivity contribution is 0.0690. The van der Waals surface area contributed by atoms with E-state index in [0.717, 1.165) is 10.4 Å². The van der Waals surface area contributed by atoms with E-state index in [2.05, 4.69) is 10.3 Å². The predicted molar refractivity (Wildman–Crippen MR) is 71.4 cm³/mol. The molecule has 2 rings (SSSR count).